The van der Waals surface area contributed by atoms with Gasteiger partial charge in [0.05, 0.1) is 11.3 Å². The molecule has 5 nitrogen and oxygen atoms in total. The van der Waals surface area contributed by atoms with Crippen molar-refractivity contribution in [1.29, 1.82) is 0 Å². The molecule has 130 valence electrons. The van der Waals surface area contributed by atoms with Crippen molar-refractivity contribution in [3.8, 4) is 5.75 Å². The Balaban J connectivity index is 1.93. The number of aryl methyl sites for hydroxylation is 2. The molecule has 0 radical (unpaired) electrons. The Bertz CT molecular complexity index is 883. The molecule has 2 aromatic rings. The van der Waals surface area contributed by atoms with Crippen LogP contribution in [0.3, 0.4) is 0 Å². The van der Waals surface area contributed by atoms with Gasteiger partial charge in [-0.1, -0.05) is 12.1 Å². The Kier molecular flexibility index (Phi) is 4.72. The molecule has 1 aromatic carbocycles. The summed E-state index contributed by atoms with van der Waals surface area (Å²) in [6, 6.07) is 3.90. The number of hydrogen-bond acceptors (Lipinski definition) is 5. The van der Waals surface area contributed by atoms with Gasteiger partial charge in [-0.25, -0.2) is 4.98 Å². The maximum atomic E-state index is 12.9. The van der Waals surface area contributed by atoms with Gasteiger partial charge in [0.2, 0.25) is 5.91 Å². The second-order valence-electron chi connectivity index (χ2n) is 6.01. The lowest BCUT2D eigenvalue weighted by atomic mass is 9.93. The average molecular weight is 356 g/mol. The molecule has 0 spiro atoms. The van der Waals surface area contributed by atoms with E-state index >= 15 is 0 Å². The minimum absolute atomic E-state index is 0.0177. The van der Waals surface area contributed by atoms with E-state index < -0.39 is 0 Å². The lowest BCUT2D eigenvalue weighted by Crippen LogP contribution is -2.27. The third-order valence-electron chi connectivity index (χ3n) is 4.21. The van der Waals surface area contributed by atoms with Crippen LogP contribution in [-0.2, 0) is 4.79 Å². The fourth-order valence-corrected chi connectivity index (χ4v) is 3.76. The molecular formula is C19H20N2O3S. The zero-order valence-electron chi connectivity index (χ0n) is 14.8. The van der Waals surface area contributed by atoms with Gasteiger partial charge in [0.15, 0.2) is 10.9 Å². The van der Waals surface area contributed by atoms with Crippen molar-refractivity contribution in [3.63, 3.8) is 0 Å². The highest BCUT2D eigenvalue weighted by Crippen LogP contribution is 2.33. The van der Waals surface area contributed by atoms with E-state index in [0.29, 0.717) is 34.3 Å². The number of ether oxygens (including phenoxy) is 1. The third-order valence-corrected chi connectivity index (χ3v) is 5.09. The van der Waals surface area contributed by atoms with Gasteiger partial charge >= 0.3 is 0 Å². The summed E-state index contributed by atoms with van der Waals surface area (Å²) in [5, 5.41) is 2.48. The van der Waals surface area contributed by atoms with Crippen molar-refractivity contribution in [2.45, 2.75) is 27.7 Å². The number of benzene rings is 1. The second-order valence-corrected chi connectivity index (χ2v) is 6.85. The van der Waals surface area contributed by atoms with E-state index in [0.717, 1.165) is 11.1 Å². The first-order valence-electron chi connectivity index (χ1n) is 8.14. The monoisotopic (exact) mass is 356 g/mol. The Hall–Kier alpha value is -2.47. The zero-order chi connectivity index (χ0) is 18.1. The predicted octanol–water partition coefficient (Wildman–Crippen LogP) is 3.79. The van der Waals surface area contributed by atoms with Crippen LogP contribution >= 0.6 is 11.3 Å². The van der Waals surface area contributed by atoms with E-state index in [1.54, 1.807) is 11.0 Å². The van der Waals surface area contributed by atoms with E-state index in [2.05, 4.69) is 4.98 Å². The molecular weight excluding hydrogens is 336 g/mol. The van der Waals surface area contributed by atoms with E-state index in [1.165, 1.54) is 18.3 Å². The molecule has 0 saturated carbocycles. The summed E-state index contributed by atoms with van der Waals surface area (Å²) in [5.74, 6) is 0.610. The number of carbonyl (C=O) groups is 2. The molecule has 25 heavy (non-hydrogen) atoms. The van der Waals surface area contributed by atoms with Crippen molar-refractivity contribution in [3.05, 3.63) is 45.5 Å². The van der Waals surface area contributed by atoms with Gasteiger partial charge < -0.3 is 4.74 Å². The molecule has 0 atom stereocenters. The van der Waals surface area contributed by atoms with Gasteiger partial charge in [0, 0.05) is 24.4 Å². The average Bonchev–Trinajstić information content (AvgIpc) is 3.01. The lowest BCUT2D eigenvalue weighted by molar-refractivity contribution is -0.116. The summed E-state index contributed by atoms with van der Waals surface area (Å²) in [4.78, 5) is 30.6. The first-order chi connectivity index (χ1) is 11.9. The third kappa shape index (κ3) is 3.22. The number of Topliss-reactive ketones (excluding diaryl/α,β-unsaturated/α-hetero) is 1. The summed E-state index contributed by atoms with van der Waals surface area (Å²) in [7, 11) is 0. The largest absolute Gasteiger partial charge is 0.488 e. The molecule has 0 unspecified atom stereocenters. The number of nitrogens with zero attached hydrogens (tertiary/aromatic N) is 2. The molecule has 3 rings (SSSR count). The number of amides is 1. The standard InChI is InChI=1S/C19H20N2O3S/c1-5-21(13(4)22)19-20-15(10-25-19)8-14-9-24-18-12(3)7-6-11(2)16(18)17(14)23/h6-8,10H,5,9H2,1-4H3/b14-8-. The van der Waals surface area contributed by atoms with Crippen LogP contribution in [0.15, 0.2) is 23.1 Å². The number of fused-ring (bicyclic) bond motifs is 1. The van der Waals surface area contributed by atoms with E-state index in [9.17, 15) is 9.59 Å². The SMILES string of the molecule is CCN(C(C)=O)c1nc(/C=C2/COc3c(C)ccc(C)c3C2=O)cs1. The van der Waals surface area contributed by atoms with Gasteiger partial charge in [-0.05, 0) is 38.0 Å². The number of ketones is 1. The van der Waals surface area contributed by atoms with Crippen LogP contribution in [0.2, 0.25) is 0 Å². The molecule has 1 amide bonds. The molecule has 0 saturated heterocycles. The van der Waals surface area contributed by atoms with E-state index in [4.69, 9.17) is 4.74 Å². The van der Waals surface area contributed by atoms with Gasteiger partial charge in [0.25, 0.3) is 0 Å². The Morgan fingerprint density at radius 3 is 2.76 bits per heavy atom. The van der Waals surface area contributed by atoms with Crippen LogP contribution in [0.25, 0.3) is 6.08 Å². The number of anilines is 1. The minimum atomic E-state index is -0.0480. The van der Waals surface area contributed by atoms with Crippen LogP contribution in [0, 0.1) is 13.8 Å². The smallest absolute Gasteiger partial charge is 0.225 e. The van der Waals surface area contributed by atoms with Crippen LogP contribution in [-0.4, -0.2) is 29.8 Å². The maximum Gasteiger partial charge on any atom is 0.225 e. The van der Waals surface area contributed by atoms with Crippen molar-refractivity contribution in [1.82, 2.24) is 4.98 Å². The van der Waals surface area contributed by atoms with Gasteiger partial charge in [-0.15, -0.1) is 11.3 Å². The number of hydrogen-bond donors (Lipinski definition) is 0. The van der Waals surface area contributed by atoms with E-state index in [-0.39, 0.29) is 18.3 Å². The summed E-state index contributed by atoms with van der Waals surface area (Å²) in [5.41, 5.74) is 3.74. The molecule has 1 aliphatic rings. The van der Waals surface area contributed by atoms with Gasteiger partial charge in [-0.3, -0.25) is 14.5 Å². The Morgan fingerprint density at radius 2 is 2.08 bits per heavy atom. The van der Waals surface area contributed by atoms with Crippen LogP contribution in [0.5, 0.6) is 5.75 Å². The van der Waals surface area contributed by atoms with Crippen molar-refractivity contribution >= 4 is 34.2 Å². The quantitative estimate of drug-likeness (QED) is 0.785. The highest BCUT2D eigenvalue weighted by Gasteiger charge is 2.26. The van der Waals surface area contributed by atoms with Gasteiger partial charge in [0.1, 0.15) is 12.4 Å². The van der Waals surface area contributed by atoms with Crippen LogP contribution < -0.4 is 9.64 Å². The molecule has 6 heteroatoms. The fraction of sp³-hybridized carbons (Fsp3) is 0.316. The first-order valence-corrected chi connectivity index (χ1v) is 9.02. The Morgan fingerprint density at radius 1 is 1.36 bits per heavy atom. The molecule has 1 aromatic heterocycles. The number of carbonyl (C=O) groups excluding carboxylic acids is 2. The minimum Gasteiger partial charge on any atom is -0.488 e. The van der Waals surface area contributed by atoms with Crippen molar-refractivity contribution in [2.24, 2.45) is 0 Å². The number of rotatable bonds is 3. The zero-order valence-corrected chi connectivity index (χ0v) is 15.6. The highest BCUT2D eigenvalue weighted by molar-refractivity contribution is 7.14. The predicted molar refractivity (Wildman–Crippen MR) is 99.5 cm³/mol. The van der Waals surface area contributed by atoms with Gasteiger partial charge in [-0.2, -0.15) is 0 Å². The molecule has 1 aliphatic heterocycles. The van der Waals surface area contributed by atoms with Crippen LogP contribution in [0.1, 0.15) is 41.0 Å². The van der Waals surface area contributed by atoms with Crippen LogP contribution in [0.4, 0.5) is 5.13 Å². The van der Waals surface area contributed by atoms with Crippen molar-refractivity contribution in [2.75, 3.05) is 18.1 Å². The fourth-order valence-electron chi connectivity index (χ4n) is 2.87. The summed E-state index contributed by atoms with van der Waals surface area (Å²) in [6.45, 7) is 8.06. The summed E-state index contributed by atoms with van der Waals surface area (Å²) >= 11 is 1.39. The highest BCUT2D eigenvalue weighted by atomic mass is 32.1. The topological polar surface area (TPSA) is 59.5 Å². The molecule has 0 fully saturated rings. The summed E-state index contributed by atoms with van der Waals surface area (Å²) < 4.78 is 5.83. The van der Waals surface area contributed by atoms with E-state index in [1.807, 2.05) is 38.3 Å². The molecule has 0 aliphatic carbocycles. The van der Waals surface area contributed by atoms with Crippen molar-refractivity contribution < 1.29 is 14.3 Å². The second kappa shape index (κ2) is 6.80. The normalized spacial score (nSPS) is 15.0. The molecule has 0 bridgehead atoms. The molecule has 2 heterocycles. The molecule has 0 N–H and O–H groups in total. The first kappa shape index (κ1) is 17.4. The lowest BCUT2D eigenvalue weighted by Gasteiger charge is -2.22. The summed E-state index contributed by atoms with van der Waals surface area (Å²) in [6.07, 6.45) is 1.75. The number of thiazole rings is 1. The Labute approximate surface area is 150 Å². The maximum absolute atomic E-state index is 12.9. The number of aromatic nitrogens is 1.